The van der Waals surface area contributed by atoms with E-state index >= 15 is 0 Å². The van der Waals surface area contributed by atoms with Gasteiger partial charge in [-0.15, -0.1) is 4.99 Å². The van der Waals surface area contributed by atoms with Crippen LogP contribution in [0.4, 0.5) is 11.5 Å². The van der Waals surface area contributed by atoms with Gasteiger partial charge in [-0.2, -0.15) is 5.26 Å². The van der Waals surface area contributed by atoms with Gasteiger partial charge in [-0.1, -0.05) is 32.0 Å². The van der Waals surface area contributed by atoms with E-state index in [1.54, 1.807) is 12.4 Å². The van der Waals surface area contributed by atoms with Crippen LogP contribution in [0, 0.1) is 24.3 Å². The number of pyridine rings is 1. The predicted molar refractivity (Wildman–Crippen MR) is 123 cm³/mol. The Balaban J connectivity index is 1.59. The standard InChI is InChI=1S/C23H26N8/c1-16(2)20-14-30(21-9-8-19-22(29-21)26-11-10-25-19)12-13-31(20)23(27-15-24)28-18-7-5-4-6-17(18)3/h4-11,16,20H,12-14H2,1-3H3,(H,27,28). The van der Waals surface area contributed by atoms with Crippen LogP contribution in [0.25, 0.3) is 11.2 Å². The Kier molecular flexibility index (Phi) is 5.94. The summed E-state index contributed by atoms with van der Waals surface area (Å²) in [5, 5.41) is 12.7. The quantitative estimate of drug-likeness (QED) is 0.399. The normalized spacial score (nSPS) is 17.1. The van der Waals surface area contributed by atoms with E-state index in [4.69, 9.17) is 4.98 Å². The second-order valence-electron chi connectivity index (χ2n) is 7.99. The van der Waals surface area contributed by atoms with Crippen molar-refractivity contribution in [2.45, 2.75) is 26.8 Å². The Bertz CT molecular complexity index is 1130. The second-order valence-corrected chi connectivity index (χ2v) is 7.99. The number of nitrogens with one attached hydrogen (secondary N) is 1. The summed E-state index contributed by atoms with van der Waals surface area (Å²) in [5.41, 5.74) is 3.50. The maximum atomic E-state index is 9.33. The van der Waals surface area contributed by atoms with E-state index in [2.05, 4.69) is 43.9 Å². The maximum absolute atomic E-state index is 9.33. The molecule has 31 heavy (non-hydrogen) atoms. The molecule has 3 heterocycles. The Labute approximate surface area is 182 Å². The third-order valence-corrected chi connectivity index (χ3v) is 5.65. The highest BCUT2D eigenvalue weighted by atomic mass is 15.4. The van der Waals surface area contributed by atoms with Crippen LogP contribution in [0.15, 0.2) is 53.8 Å². The molecule has 3 aromatic rings. The van der Waals surface area contributed by atoms with Crippen molar-refractivity contribution in [1.29, 1.82) is 5.26 Å². The van der Waals surface area contributed by atoms with Crippen molar-refractivity contribution >= 4 is 28.6 Å². The van der Waals surface area contributed by atoms with E-state index in [-0.39, 0.29) is 6.04 Å². The molecule has 0 spiro atoms. The zero-order valence-electron chi connectivity index (χ0n) is 18.0. The first kappa shape index (κ1) is 20.5. The molecule has 1 fully saturated rings. The van der Waals surface area contributed by atoms with Crippen LogP contribution in [0.5, 0.6) is 0 Å². The van der Waals surface area contributed by atoms with Gasteiger partial charge in [-0.25, -0.2) is 9.97 Å². The van der Waals surface area contributed by atoms with Gasteiger partial charge < -0.3 is 15.1 Å². The first-order chi connectivity index (χ1) is 15.1. The fraction of sp³-hybridized carbons (Fsp3) is 0.348. The molecular weight excluding hydrogens is 388 g/mol. The molecule has 1 aromatic carbocycles. The SMILES string of the molecule is Cc1ccccc1N/C(=N\C#N)N1CCN(c2ccc3nccnc3n2)CC1C(C)C. The van der Waals surface area contributed by atoms with Gasteiger partial charge in [0.15, 0.2) is 5.65 Å². The Hall–Kier alpha value is -3.73. The molecule has 2 aromatic heterocycles. The average Bonchev–Trinajstić information content (AvgIpc) is 2.79. The van der Waals surface area contributed by atoms with Crippen molar-refractivity contribution in [1.82, 2.24) is 19.9 Å². The number of para-hydroxylation sites is 1. The molecule has 1 atom stereocenters. The number of hydrogen-bond donors (Lipinski definition) is 1. The molecular formula is C23H26N8. The lowest BCUT2D eigenvalue weighted by atomic mass is 9.99. The summed E-state index contributed by atoms with van der Waals surface area (Å²) in [6, 6.07) is 12.1. The smallest absolute Gasteiger partial charge is 0.214 e. The number of piperazine rings is 1. The number of benzene rings is 1. The highest BCUT2D eigenvalue weighted by molar-refractivity contribution is 5.95. The second kappa shape index (κ2) is 8.96. The number of anilines is 2. The first-order valence-corrected chi connectivity index (χ1v) is 10.5. The summed E-state index contributed by atoms with van der Waals surface area (Å²) in [5.74, 6) is 1.84. The van der Waals surface area contributed by atoms with E-state index < -0.39 is 0 Å². The Morgan fingerprint density at radius 2 is 1.97 bits per heavy atom. The first-order valence-electron chi connectivity index (χ1n) is 10.5. The molecule has 0 radical (unpaired) electrons. The summed E-state index contributed by atoms with van der Waals surface area (Å²) < 4.78 is 0. The number of aromatic nitrogens is 3. The van der Waals surface area contributed by atoms with Crippen LogP contribution >= 0.6 is 0 Å². The highest BCUT2D eigenvalue weighted by Gasteiger charge is 2.32. The molecule has 8 heteroatoms. The molecule has 4 rings (SSSR count). The van der Waals surface area contributed by atoms with Gasteiger partial charge in [0.2, 0.25) is 12.2 Å². The minimum Gasteiger partial charge on any atom is -0.353 e. The number of nitriles is 1. The van der Waals surface area contributed by atoms with Crippen LogP contribution in [0.1, 0.15) is 19.4 Å². The molecule has 8 nitrogen and oxygen atoms in total. The van der Waals surface area contributed by atoms with Crippen LogP contribution in [-0.2, 0) is 0 Å². The summed E-state index contributed by atoms with van der Waals surface area (Å²) in [6.45, 7) is 8.69. The molecule has 1 saturated heterocycles. The fourth-order valence-electron chi connectivity index (χ4n) is 3.92. The van der Waals surface area contributed by atoms with Gasteiger partial charge in [0.1, 0.15) is 11.3 Å². The van der Waals surface area contributed by atoms with Crippen molar-refractivity contribution in [3.05, 3.63) is 54.4 Å². The van der Waals surface area contributed by atoms with Gasteiger partial charge >= 0.3 is 0 Å². The molecule has 1 unspecified atom stereocenters. The number of guanidine groups is 1. The van der Waals surface area contributed by atoms with Gasteiger partial charge in [0, 0.05) is 37.7 Å². The van der Waals surface area contributed by atoms with Gasteiger partial charge in [-0.05, 0) is 36.6 Å². The molecule has 0 amide bonds. The van der Waals surface area contributed by atoms with Crippen molar-refractivity contribution in [3.8, 4) is 6.19 Å². The van der Waals surface area contributed by atoms with Gasteiger partial charge in [0.25, 0.3) is 0 Å². The number of fused-ring (bicyclic) bond motifs is 1. The summed E-state index contributed by atoms with van der Waals surface area (Å²) >= 11 is 0. The Morgan fingerprint density at radius 1 is 1.16 bits per heavy atom. The number of hydrogen-bond acceptors (Lipinski definition) is 6. The fourth-order valence-corrected chi connectivity index (χ4v) is 3.92. The molecule has 0 saturated carbocycles. The summed E-state index contributed by atoms with van der Waals surface area (Å²) in [4.78, 5) is 22.0. The number of aliphatic imine (C=N–C) groups is 1. The minimum absolute atomic E-state index is 0.164. The zero-order chi connectivity index (χ0) is 21.8. The predicted octanol–water partition coefficient (Wildman–Crippen LogP) is 3.43. The zero-order valence-corrected chi connectivity index (χ0v) is 18.0. The Morgan fingerprint density at radius 3 is 2.74 bits per heavy atom. The van der Waals surface area contributed by atoms with Gasteiger partial charge in [0.05, 0.1) is 6.04 Å². The van der Waals surface area contributed by atoms with Crippen molar-refractivity contribution in [3.63, 3.8) is 0 Å². The van der Waals surface area contributed by atoms with Crippen molar-refractivity contribution < 1.29 is 0 Å². The van der Waals surface area contributed by atoms with E-state index in [1.807, 2.05) is 49.5 Å². The summed E-state index contributed by atoms with van der Waals surface area (Å²) in [7, 11) is 0. The largest absolute Gasteiger partial charge is 0.353 e. The molecule has 1 aliphatic rings. The van der Waals surface area contributed by atoms with Gasteiger partial charge in [-0.3, -0.25) is 4.98 Å². The maximum Gasteiger partial charge on any atom is 0.214 e. The van der Waals surface area contributed by atoms with Crippen LogP contribution in [0.3, 0.4) is 0 Å². The van der Waals surface area contributed by atoms with Crippen LogP contribution in [0.2, 0.25) is 0 Å². The lowest BCUT2D eigenvalue weighted by Gasteiger charge is -2.45. The molecule has 158 valence electrons. The molecule has 1 N–H and O–H groups in total. The van der Waals surface area contributed by atoms with E-state index in [0.29, 0.717) is 17.5 Å². The van der Waals surface area contributed by atoms with Crippen molar-refractivity contribution in [2.75, 3.05) is 29.9 Å². The topological polar surface area (TPSA) is 93.3 Å². The number of nitrogens with zero attached hydrogens (tertiary/aromatic N) is 7. The van der Waals surface area contributed by atoms with Crippen LogP contribution in [-0.4, -0.2) is 51.5 Å². The number of aryl methyl sites for hydroxylation is 1. The van der Waals surface area contributed by atoms with E-state index in [0.717, 1.165) is 42.2 Å². The highest BCUT2D eigenvalue weighted by Crippen LogP contribution is 2.24. The van der Waals surface area contributed by atoms with Crippen molar-refractivity contribution in [2.24, 2.45) is 10.9 Å². The molecule has 0 bridgehead atoms. The lowest BCUT2D eigenvalue weighted by Crippen LogP contribution is -2.58. The molecule has 0 aliphatic carbocycles. The average molecular weight is 415 g/mol. The third-order valence-electron chi connectivity index (χ3n) is 5.65. The lowest BCUT2D eigenvalue weighted by molar-refractivity contribution is 0.224. The van der Waals surface area contributed by atoms with Crippen LogP contribution < -0.4 is 10.2 Å². The monoisotopic (exact) mass is 414 g/mol. The minimum atomic E-state index is 0.164. The third kappa shape index (κ3) is 4.40. The number of rotatable bonds is 3. The van der Waals surface area contributed by atoms with E-state index in [1.165, 1.54) is 0 Å². The van der Waals surface area contributed by atoms with E-state index in [9.17, 15) is 5.26 Å². The molecule has 1 aliphatic heterocycles. The summed E-state index contributed by atoms with van der Waals surface area (Å²) in [6.07, 6.45) is 5.31.